The minimum Gasteiger partial charge on any atom is -0.306 e. The fourth-order valence-electron chi connectivity index (χ4n) is 0.795. The smallest absolute Gasteiger partial charge is 0.306 e. The molecule has 0 radical (unpaired) electrons. The van der Waals surface area contributed by atoms with Gasteiger partial charge in [0.05, 0.1) is 5.56 Å². The maximum atomic E-state index is 11.1. The van der Waals surface area contributed by atoms with Crippen LogP contribution in [0.4, 0.5) is 0 Å². The molecule has 0 amide bonds. The van der Waals surface area contributed by atoms with Gasteiger partial charge in [0, 0.05) is 10.0 Å². The normalized spacial score (nSPS) is 10.0. The van der Waals surface area contributed by atoms with E-state index < -0.39 is 5.97 Å². The Bertz CT molecular complexity index is 309. The molecule has 13 heavy (non-hydrogen) atoms. The van der Waals surface area contributed by atoms with Crippen LogP contribution in [0, 0.1) is 0 Å². The van der Waals surface area contributed by atoms with Crippen LogP contribution in [0.15, 0.2) is 18.2 Å². The fraction of sp³-hybridized carbons (Fsp3) is 0. The first-order chi connectivity index (χ1) is 6.13. The molecule has 3 nitrogen and oxygen atoms in total. The van der Waals surface area contributed by atoms with E-state index in [9.17, 15) is 4.79 Å². The molecule has 1 aromatic rings. The van der Waals surface area contributed by atoms with Crippen molar-refractivity contribution in [2.24, 2.45) is 0 Å². The van der Waals surface area contributed by atoms with Crippen molar-refractivity contribution in [2.45, 2.75) is 0 Å². The van der Waals surface area contributed by atoms with Crippen molar-refractivity contribution in [1.82, 2.24) is 0 Å². The van der Waals surface area contributed by atoms with Crippen LogP contribution in [0.25, 0.3) is 0 Å². The van der Waals surface area contributed by atoms with Gasteiger partial charge in [0.1, 0.15) is 0 Å². The number of carbonyl (C=O) groups excluding carboxylic acids is 1. The Labute approximate surface area is 88.0 Å². The Balaban J connectivity index is 2.94. The van der Waals surface area contributed by atoms with Gasteiger partial charge in [0.2, 0.25) is 10.5 Å². The first-order valence-electron chi connectivity index (χ1n) is 3.34. The van der Waals surface area contributed by atoms with E-state index in [-0.39, 0.29) is 5.56 Å². The summed E-state index contributed by atoms with van der Waals surface area (Å²) in [4.78, 5) is 15.5. The lowest BCUT2D eigenvalue weighted by Gasteiger charge is -2.01. The summed E-state index contributed by atoms with van der Waals surface area (Å²) in [5, 5.41) is 0.764. The quantitative estimate of drug-likeness (QED) is 0.442. The minimum absolute atomic E-state index is 0.272. The van der Waals surface area contributed by atoms with Gasteiger partial charge < -0.3 is 4.89 Å². The van der Waals surface area contributed by atoms with Crippen molar-refractivity contribution in [3.8, 4) is 0 Å². The molecule has 0 atom stereocenters. The predicted octanol–water partition coefficient (Wildman–Crippen LogP) is 1.36. The number of carbonyl (C=O) groups is 1. The monoisotopic (exact) mass is 236 g/mol. The van der Waals surface area contributed by atoms with E-state index in [2.05, 4.69) is 9.46 Å². The topological polar surface area (TPSA) is 35.5 Å². The van der Waals surface area contributed by atoms with Crippen LogP contribution >= 0.6 is 23.2 Å². The van der Waals surface area contributed by atoms with Crippen molar-refractivity contribution >= 4 is 39.7 Å². The zero-order chi connectivity index (χ0) is 9.84. The third-order valence-electron chi connectivity index (χ3n) is 1.26. The van der Waals surface area contributed by atoms with Crippen molar-refractivity contribution in [2.75, 3.05) is 0 Å². The Morgan fingerprint density at radius 1 is 1.23 bits per heavy atom. The predicted molar refractivity (Wildman–Crippen MR) is 52.9 cm³/mol. The van der Waals surface area contributed by atoms with Crippen molar-refractivity contribution in [3.05, 3.63) is 33.8 Å². The molecule has 0 fully saturated rings. The van der Waals surface area contributed by atoms with Gasteiger partial charge in [-0.05, 0) is 18.2 Å². The largest absolute Gasteiger partial charge is 0.371 e. The van der Waals surface area contributed by atoms with E-state index in [1.165, 1.54) is 18.2 Å². The van der Waals surface area contributed by atoms with Crippen LogP contribution in [0.1, 0.15) is 10.4 Å². The maximum Gasteiger partial charge on any atom is 0.371 e. The molecular weight excluding hydrogens is 231 g/mol. The molecule has 0 unspecified atom stereocenters. The van der Waals surface area contributed by atoms with Crippen LogP contribution < -0.4 is 0 Å². The van der Waals surface area contributed by atoms with Crippen LogP contribution in [0.2, 0.25) is 10.0 Å². The number of hydrogen-bond acceptors (Lipinski definition) is 3. The van der Waals surface area contributed by atoms with Gasteiger partial charge >= 0.3 is 5.97 Å². The van der Waals surface area contributed by atoms with E-state index in [4.69, 9.17) is 23.2 Å². The third-order valence-corrected chi connectivity index (χ3v) is 1.86. The summed E-state index contributed by atoms with van der Waals surface area (Å²) >= 11 is 11.3. The average Bonchev–Trinajstić information content (AvgIpc) is 2.03. The lowest BCUT2D eigenvalue weighted by atomic mass is 10.2. The highest BCUT2D eigenvalue weighted by molar-refractivity contribution is 6.35. The lowest BCUT2D eigenvalue weighted by molar-refractivity contribution is -0.145. The van der Waals surface area contributed by atoms with Crippen LogP contribution in [-0.4, -0.2) is 16.5 Å². The first kappa shape index (κ1) is 10.5. The van der Waals surface area contributed by atoms with Gasteiger partial charge in [0.15, 0.2) is 0 Å². The molecule has 0 heterocycles. The number of rotatable bonds is 2. The highest BCUT2D eigenvalue weighted by Gasteiger charge is 2.09. The Morgan fingerprint density at radius 2 is 1.77 bits per heavy atom. The molecule has 70 valence electrons. The second-order valence-corrected chi connectivity index (χ2v) is 3.40. The summed E-state index contributed by atoms with van der Waals surface area (Å²) < 4.78 is 4.34. The van der Waals surface area contributed by atoms with Crippen LogP contribution in [0.5, 0.6) is 0 Å². The van der Waals surface area contributed by atoms with Crippen molar-refractivity contribution in [3.63, 3.8) is 0 Å². The molecule has 0 N–H and O–H groups in total. The third kappa shape index (κ3) is 3.00. The van der Waals surface area contributed by atoms with E-state index in [0.29, 0.717) is 20.5 Å². The standard InChI is InChI=1S/C7H6Cl2O3Si/c8-5-1-4(2-6(9)3-5)7(10)11-12-13/h1-3H,13H3. The molecule has 1 aromatic carbocycles. The fourth-order valence-corrected chi connectivity index (χ4v) is 1.47. The maximum absolute atomic E-state index is 11.1. The second-order valence-electron chi connectivity index (χ2n) is 2.20. The van der Waals surface area contributed by atoms with E-state index in [0.717, 1.165) is 0 Å². The first-order valence-corrected chi connectivity index (χ1v) is 4.92. The van der Waals surface area contributed by atoms with Gasteiger partial charge in [-0.2, -0.15) is 0 Å². The molecular formula is C7H6Cl2O3Si. The molecule has 1 rings (SSSR count). The summed E-state index contributed by atoms with van der Waals surface area (Å²) in [5.74, 6) is -0.598. The molecule has 0 aliphatic heterocycles. The average molecular weight is 237 g/mol. The van der Waals surface area contributed by atoms with Gasteiger partial charge in [-0.3, -0.25) is 4.58 Å². The van der Waals surface area contributed by atoms with Crippen molar-refractivity contribution in [1.29, 1.82) is 0 Å². The van der Waals surface area contributed by atoms with Gasteiger partial charge in [-0.15, -0.1) is 0 Å². The van der Waals surface area contributed by atoms with E-state index >= 15 is 0 Å². The highest BCUT2D eigenvalue weighted by Crippen LogP contribution is 2.19. The molecule has 0 bridgehead atoms. The summed E-state index contributed by atoms with van der Waals surface area (Å²) in [5.41, 5.74) is 0.272. The number of hydrogen-bond donors (Lipinski definition) is 0. The summed E-state index contributed by atoms with van der Waals surface area (Å²) in [6, 6.07) is 4.44. The van der Waals surface area contributed by atoms with Gasteiger partial charge in [-0.1, -0.05) is 23.2 Å². The number of halogens is 2. The highest BCUT2D eigenvalue weighted by atomic mass is 35.5. The zero-order valence-corrected chi connectivity index (χ0v) is 10.2. The molecule has 0 spiro atoms. The summed E-state index contributed by atoms with van der Waals surface area (Å²) in [6.07, 6.45) is 0. The minimum atomic E-state index is -0.598. The Hall–Kier alpha value is -0.553. The summed E-state index contributed by atoms with van der Waals surface area (Å²) in [6.45, 7) is 0. The Morgan fingerprint density at radius 3 is 2.23 bits per heavy atom. The van der Waals surface area contributed by atoms with E-state index in [1.54, 1.807) is 0 Å². The van der Waals surface area contributed by atoms with Gasteiger partial charge in [-0.25, -0.2) is 4.79 Å². The number of benzene rings is 1. The van der Waals surface area contributed by atoms with Gasteiger partial charge in [0.25, 0.3) is 0 Å². The van der Waals surface area contributed by atoms with Crippen molar-refractivity contribution < 1.29 is 14.3 Å². The van der Waals surface area contributed by atoms with Crippen LogP contribution in [-0.2, 0) is 9.46 Å². The Kier molecular flexibility index (Phi) is 3.74. The lowest BCUT2D eigenvalue weighted by Crippen LogP contribution is -2.04. The molecule has 0 aliphatic carbocycles. The van der Waals surface area contributed by atoms with E-state index in [1.807, 2.05) is 0 Å². The molecule has 6 heteroatoms. The second kappa shape index (κ2) is 4.62. The molecule has 0 aromatic heterocycles. The SMILES string of the molecule is O=C(OO[SiH3])c1cc(Cl)cc(Cl)c1. The summed E-state index contributed by atoms with van der Waals surface area (Å²) in [7, 11) is 0.325. The van der Waals surface area contributed by atoms with Crippen LogP contribution in [0.3, 0.4) is 0 Å². The molecule has 0 saturated carbocycles. The molecule has 0 saturated heterocycles. The molecule has 0 aliphatic rings. The zero-order valence-electron chi connectivity index (χ0n) is 6.71.